The average Bonchev–Trinajstić information content (AvgIpc) is 2.92. The number of benzene rings is 1. The molecule has 0 atom stereocenters. The van der Waals surface area contributed by atoms with E-state index in [1.807, 2.05) is 0 Å². The lowest BCUT2D eigenvalue weighted by Crippen LogP contribution is -2.21. The maximum absolute atomic E-state index is 9.74. The van der Waals surface area contributed by atoms with Gasteiger partial charge >= 0.3 is 0 Å². The number of phenolic OH excluding ortho intramolecular Hbond substituents is 1. The Bertz CT molecular complexity index is 402. The molecule has 0 aromatic heterocycles. The standard InChI is InChI=1S/C12H15Cl2NO/c1-12(2-3-12)7-15-6-8-4-9(13)5-10(14)11(8)16/h4-5,15-16H,2-3,6-7H2,1H3. The van der Waals surface area contributed by atoms with E-state index in [0.717, 1.165) is 12.1 Å². The first-order chi connectivity index (χ1) is 7.50. The van der Waals surface area contributed by atoms with Crippen molar-refractivity contribution in [2.75, 3.05) is 6.54 Å². The molecule has 88 valence electrons. The van der Waals surface area contributed by atoms with Crippen molar-refractivity contribution in [1.82, 2.24) is 5.32 Å². The fourth-order valence-corrected chi connectivity index (χ4v) is 2.18. The summed E-state index contributed by atoms with van der Waals surface area (Å²) >= 11 is 11.7. The zero-order chi connectivity index (χ0) is 11.8. The normalized spacial score (nSPS) is 17.4. The van der Waals surface area contributed by atoms with E-state index in [1.165, 1.54) is 12.8 Å². The zero-order valence-corrected chi connectivity index (χ0v) is 10.7. The van der Waals surface area contributed by atoms with Crippen molar-refractivity contribution in [3.63, 3.8) is 0 Å². The molecule has 0 saturated heterocycles. The summed E-state index contributed by atoms with van der Waals surface area (Å²) < 4.78 is 0. The Hall–Kier alpha value is -0.440. The molecule has 0 bridgehead atoms. The van der Waals surface area contributed by atoms with Crippen molar-refractivity contribution in [2.24, 2.45) is 5.41 Å². The average molecular weight is 260 g/mol. The number of rotatable bonds is 4. The molecule has 2 rings (SSSR count). The number of phenols is 1. The molecular formula is C12H15Cl2NO. The van der Waals surface area contributed by atoms with E-state index in [0.29, 0.717) is 22.0 Å². The first kappa shape index (κ1) is 12.0. The van der Waals surface area contributed by atoms with E-state index >= 15 is 0 Å². The molecule has 1 aliphatic carbocycles. The molecule has 1 aliphatic rings. The Labute approximate surface area is 106 Å². The lowest BCUT2D eigenvalue weighted by atomic mass is 10.1. The third-order valence-electron chi connectivity index (χ3n) is 3.08. The highest BCUT2D eigenvalue weighted by Crippen LogP contribution is 2.44. The highest BCUT2D eigenvalue weighted by molar-refractivity contribution is 6.35. The van der Waals surface area contributed by atoms with Gasteiger partial charge in [-0.1, -0.05) is 30.1 Å². The minimum atomic E-state index is 0.125. The van der Waals surface area contributed by atoms with Crippen LogP contribution in [0.3, 0.4) is 0 Å². The monoisotopic (exact) mass is 259 g/mol. The summed E-state index contributed by atoms with van der Waals surface area (Å²) in [7, 11) is 0. The van der Waals surface area contributed by atoms with E-state index in [2.05, 4.69) is 12.2 Å². The van der Waals surface area contributed by atoms with Crippen LogP contribution in [0.1, 0.15) is 25.3 Å². The second kappa shape index (κ2) is 4.44. The summed E-state index contributed by atoms with van der Waals surface area (Å²) in [6.45, 7) is 3.82. The van der Waals surface area contributed by atoms with Crippen LogP contribution in [0.25, 0.3) is 0 Å². The lowest BCUT2D eigenvalue weighted by molar-refractivity contribution is 0.455. The topological polar surface area (TPSA) is 32.3 Å². The van der Waals surface area contributed by atoms with Crippen LogP contribution >= 0.6 is 23.2 Å². The molecule has 0 spiro atoms. The Morgan fingerprint density at radius 1 is 1.38 bits per heavy atom. The van der Waals surface area contributed by atoms with E-state index in [4.69, 9.17) is 23.2 Å². The van der Waals surface area contributed by atoms with Crippen molar-refractivity contribution in [3.8, 4) is 5.75 Å². The van der Waals surface area contributed by atoms with Crippen molar-refractivity contribution in [1.29, 1.82) is 0 Å². The molecule has 16 heavy (non-hydrogen) atoms. The fourth-order valence-electron chi connectivity index (χ4n) is 1.64. The van der Waals surface area contributed by atoms with Gasteiger partial charge in [0, 0.05) is 23.7 Å². The summed E-state index contributed by atoms with van der Waals surface area (Å²) in [5.41, 5.74) is 1.21. The van der Waals surface area contributed by atoms with Crippen LogP contribution in [-0.4, -0.2) is 11.7 Å². The zero-order valence-electron chi connectivity index (χ0n) is 9.19. The van der Waals surface area contributed by atoms with Crippen LogP contribution in [0.15, 0.2) is 12.1 Å². The Morgan fingerprint density at radius 3 is 2.69 bits per heavy atom. The van der Waals surface area contributed by atoms with Crippen LogP contribution < -0.4 is 5.32 Å². The highest BCUT2D eigenvalue weighted by Gasteiger charge is 2.36. The molecule has 1 aromatic rings. The molecule has 0 radical (unpaired) electrons. The van der Waals surface area contributed by atoms with Crippen molar-refractivity contribution >= 4 is 23.2 Å². The summed E-state index contributed by atoms with van der Waals surface area (Å²) in [6.07, 6.45) is 2.56. The number of hydrogen-bond acceptors (Lipinski definition) is 2. The van der Waals surface area contributed by atoms with Gasteiger partial charge in [-0.05, 0) is 30.4 Å². The van der Waals surface area contributed by atoms with Gasteiger partial charge in [-0.2, -0.15) is 0 Å². The van der Waals surface area contributed by atoms with Crippen LogP contribution in [0, 0.1) is 5.41 Å². The van der Waals surface area contributed by atoms with E-state index in [9.17, 15) is 5.11 Å². The third-order valence-corrected chi connectivity index (χ3v) is 3.58. The lowest BCUT2D eigenvalue weighted by Gasteiger charge is -2.11. The predicted molar refractivity (Wildman–Crippen MR) is 67.2 cm³/mol. The maximum atomic E-state index is 9.74. The van der Waals surface area contributed by atoms with Gasteiger partial charge in [0.05, 0.1) is 5.02 Å². The summed E-state index contributed by atoms with van der Waals surface area (Å²) in [5, 5.41) is 13.9. The fraction of sp³-hybridized carbons (Fsp3) is 0.500. The smallest absolute Gasteiger partial charge is 0.138 e. The van der Waals surface area contributed by atoms with Crippen molar-refractivity contribution in [2.45, 2.75) is 26.3 Å². The van der Waals surface area contributed by atoms with Gasteiger partial charge in [0.25, 0.3) is 0 Å². The quantitative estimate of drug-likeness (QED) is 0.867. The minimum Gasteiger partial charge on any atom is -0.506 e. The van der Waals surface area contributed by atoms with Crippen molar-refractivity contribution < 1.29 is 5.11 Å². The van der Waals surface area contributed by atoms with Gasteiger partial charge in [-0.25, -0.2) is 0 Å². The number of hydrogen-bond donors (Lipinski definition) is 2. The third kappa shape index (κ3) is 2.82. The van der Waals surface area contributed by atoms with Gasteiger partial charge in [0.2, 0.25) is 0 Å². The first-order valence-corrected chi connectivity index (χ1v) is 6.13. The second-order valence-electron chi connectivity index (χ2n) is 4.81. The van der Waals surface area contributed by atoms with Crippen LogP contribution in [0.2, 0.25) is 10.0 Å². The Kier molecular flexibility index (Phi) is 3.34. The van der Waals surface area contributed by atoms with Crippen LogP contribution in [0.4, 0.5) is 0 Å². The van der Waals surface area contributed by atoms with Crippen molar-refractivity contribution in [3.05, 3.63) is 27.7 Å². The minimum absolute atomic E-state index is 0.125. The summed E-state index contributed by atoms with van der Waals surface area (Å²) in [4.78, 5) is 0. The Balaban J connectivity index is 1.98. The molecule has 1 fully saturated rings. The maximum Gasteiger partial charge on any atom is 0.138 e. The van der Waals surface area contributed by atoms with Crippen LogP contribution in [0.5, 0.6) is 5.75 Å². The molecule has 4 heteroatoms. The molecule has 0 heterocycles. The predicted octanol–water partition coefficient (Wildman–Crippen LogP) is 3.59. The van der Waals surface area contributed by atoms with Crippen LogP contribution in [-0.2, 0) is 6.54 Å². The van der Waals surface area contributed by atoms with Gasteiger partial charge in [0.1, 0.15) is 5.75 Å². The molecule has 1 saturated carbocycles. The second-order valence-corrected chi connectivity index (χ2v) is 5.65. The van der Waals surface area contributed by atoms with Gasteiger partial charge in [-0.3, -0.25) is 0 Å². The molecule has 2 N–H and O–H groups in total. The Morgan fingerprint density at radius 2 is 2.06 bits per heavy atom. The molecule has 0 amide bonds. The summed E-state index contributed by atoms with van der Waals surface area (Å²) in [5.74, 6) is 0.125. The summed E-state index contributed by atoms with van der Waals surface area (Å²) in [6, 6.07) is 3.29. The molecule has 0 aliphatic heterocycles. The van der Waals surface area contributed by atoms with E-state index in [-0.39, 0.29) is 5.75 Å². The van der Waals surface area contributed by atoms with E-state index in [1.54, 1.807) is 12.1 Å². The molecular weight excluding hydrogens is 245 g/mol. The van der Waals surface area contributed by atoms with Gasteiger partial charge < -0.3 is 10.4 Å². The largest absolute Gasteiger partial charge is 0.506 e. The molecule has 2 nitrogen and oxygen atoms in total. The number of aromatic hydroxyl groups is 1. The van der Waals surface area contributed by atoms with E-state index < -0.39 is 0 Å². The molecule has 1 aromatic carbocycles. The number of nitrogens with one attached hydrogen (secondary N) is 1. The first-order valence-electron chi connectivity index (χ1n) is 5.38. The molecule has 0 unspecified atom stereocenters. The highest BCUT2D eigenvalue weighted by atomic mass is 35.5. The SMILES string of the molecule is CC1(CNCc2cc(Cl)cc(Cl)c2O)CC1. The number of halogens is 2. The van der Waals surface area contributed by atoms with Gasteiger partial charge in [-0.15, -0.1) is 0 Å². The van der Waals surface area contributed by atoms with Gasteiger partial charge in [0.15, 0.2) is 0 Å².